The molecule has 0 atom stereocenters. The number of nitrogens with one attached hydrogen (secondary N) is 1. The van der Waals surface area contributed by atoms with Crippen LogP contribution in [0.1, 0.15) is 31.3 Å². The minimum atomic E-state index is -0.466. The molecular formula is C8H12N2O2. The first-order valence-electron chi connectivity index (χ1n) is 3.82. The zero-order chi connectivity index (χ0) is 9.30. The van der Waals surface area contributed by atoms with Crippen molar-refractivity contribution in [3.8, 4) is 5.75 Å². The predicted molar refractivity (Wildman–Crippen MR) is 45.3 cm³/mol. The molecule has 0 aliphatic carbocycles. The molecule has 0 aliphatic rings. The Bertz CT molecular complexity index is 341. The lowest BCUT2D eigenvalue weighted by Crippen LogP contribution is -2.12. The lowest BCUT2D eigenvalue weighted by atomic mass is 10.1. The minimum Gasteiger partial charge on any atom is -0.502 e. The van der Waals surface area contributed by atoms with Crippen LogP contribution in [-0.2, 0) is 0 Å². The van der Waals surface area contributed by atoms with Gasteiger partial charge in [-0.1, -0.05) is 13.8 Å². The SMILES string of the molecule is Cc1nc(C(C)C)c(O)c(=O)[nH]1. The van der Waals surface area contributed by atoms with Crippen molar-refractivity contribution in [2.24, 2.45) is 0 Å². The van der Waals surface area contributed by atoms with E-state index in [1.807, 2.05) is 13.8 Å². The van der Waals surface area contributed by atoms with E-state index in [4.69, 9.17) is 0 Å². The fourth-order valence-electron chi connectivity index (χ4n) is 1.00. The number of rotatable bonds is 1. The molecule has 0 saturated carbocycles. The van der Waals surface area contributed by atoms with E-state index in [2.05, 4.69) is 9.97 Å². The Morgan fingerprint density at radius 3 is 2.58 bits per heavy atom. The molecule has 0 radical (unpaired) electrons. The first-order chi connectivity index (χ1) is 5.52. The number of aryl methyl sites for hydroxylation is 1. The summed E-state index contributed by atoms with van der Waals surface area (Å²) < 4.78 is 0. The normalized spacial score (nSPS) is 10.7. The van der Waals surface area contributed by atoms with Gasteiger partial charge in [-0.2, -0.15) is 0 Å². The van der Waals surface area contributed by atoms with Crippen LogP contribution < -0.4 is 5.56 Å². The van der Waals surface area contributed by atoms with Crippen LogP contribution in [0.2, 0.25) is 0 Å². The quantitative estimate of drug-likeness (QED) is 0.655. The van der Waals surface area contributed by atoms with Crippen LogP contribution in [0.25, 0.3) is 0 Å². The Morgan fingerprint density at radius 2 is 2.08 bits per heavy atom. The Morgan fingerprint density at radius 1 is 1.50 bits per heavy atom. The summed E-state index contributed by atoms with van der Waals surface area (Å²) in [7, 11) is 0. The second-order valence-corrected chi connectivity index (χ2v) is 3.04. The van der Waals surface area contributed by atoms with Crippen molar-refractivity contribution >= 4 is 0 Å². The maximum absolute atomic E-state index is 11.0. The highest BCUT2D eigenvalue weighted by molar-refractivity contribution is 5.25. The minimum absolute atomic E-state index is 0.0611. The molecule has 1 aromatic rings. The second-order valence-electron chi connectivity index (χ2n) is 3.04. The van der Waals surface area contributed by atoms with Gasteiger partial charge in [-0.15, -0.1) is 0 Å². The number of H-pyrrole nitrogens is 1. The first kappa shape index (κ1) is 8.77. The van der Waals surface area contributed by atoms with Crippen molar-refractivity contribution in [1.82, 2.24) is 9.97 Å². The molecule has 2 N–H and O–H groups in total. The third-order valence-electron chi connectivity index (χ3n) is 1.59. The van der Waals surface area contributed by atoms with E-state index in [9.17, 15) is 9.90 Å². The Kier molecular flexibility index (Phi) is 2.17. The lowest BCUT2D eigenvalue weighted by Gasteiger charge is -2.06. The Hall–Kier alpha value is -1.32. The summed E-state index contributed by atoms with van der Waals surface area (Å²) in [5.74, 6) is 0.322. The van der Waals surface area contributed by atoms with Crippen LogP contribution >= 0.6 is 0 Å². The molecule has 0 saturated heterocycles. The first-order valence-corrected chi connectivity index (χ1v) is 3.82. The van der Waals surface area contributed by atoms with Gasteiger partial charge in [0.1, 0.15) is 5.82 Å². The fourth-order valence-corrected chi connectivity index (χ4v) is 1.00. The van der Waals surface area contributed by atoms with Gasteiger partial charge in [0.2, 0.25) is 5.75 Å². The van der Waals surface area contributed by atoms with Crippen LogP contribution in [0.5, 0.6) is 5.75 Å². The van der Waals surface area contributed by atoms with Crippen molar-refractivity contribution < 1.29 is 5.11 Å². The molecule has 66 valence electrons. The Balaban J connectivity index is 3.38. The molecule has 0 bridgehead atoms. The predicted octanol–water partition coefficient (Wildman–Crippen LogP) is 0.907. The summed E-state index contributed by atoms with van der Waals surface area (Å²) in [4.78, 5) is 17.5. The standard InChI is InChI=1S/C8H12N2O2/c1-4(2)6-7(11)8(12)10-5(3)9-6/h4,11H,1-3H3,(H,9,10,12). The van der Waals surface area contributed by atoms with Crippen LogP contribution in [0.15, 0.2) is 4.79 Å². The van der Waals surface area contributed by atoms with E-state index in [0.717, 1.165) is 0 Å². The van der Waals surface area contributed by atoms with Gasteiger partial charge in [-0.05, 0) is 12.8 Å². The Labute approximate surface area is 70.3 Å². The fraction of sp³-hybridized carbons (Fsp3) is 0.500. The third-order valence-corrected chi connectivity index (χ3v) is 1.59. The smallest absolute Gasteiger partial charge is 0.293 e. The number of nitrogens with zero attached hydrogens (tertiary/aromatic N) is 1. The average molecular weight is 168 g/mol. The van der Waals surface area contributed by atoms with Gasteiger partial charge < -0.3 is 10.1 Å². The van der Waals surface area contributed by atoms with Crippen LogP contribution in [0.3, 0.4) is 0 Å². The molecule has 1 heterocycles. The van der Waals surface area contributed by atoms with Gasteiger partial charge in [-0.3, -0.25) is 4.79 Å². The monoisotopic (exact) mass is 168 g/mol. The summed E-state index contributed by atoms with van der Waals surface area (Å²) >= 11 is 0. The van der Waals surface area contributed by atoms with Gasteiger partial charge in [0.25, 0.3) is 5.56 Å². The lowest BCUT2D eigenvalue weighted by molar-refractivity contribution is 0.449. The van der Waals surface area contributed by atoms with E-state index in [0.29, 0.717) is 11.5 Å². The molecule has 12 heavy (non-hydrogen) atoms. The number of aromatic hydroxyl groups is 1. The van der Waals surface area contributed by atoms with Crippen LogP contribution in [-0.4, -0.2) is 15.1 Å². The number of hydrogen-bond acceptors (Lipinski definition) is 3. The largest absolute Gasteiger partial charge is 0.502 e. The van der Waals surface area contributed by atoms with Gasteiger partial charge in [0.05, 0.1) is 5.69 Å². The summed E-state index contributed by atoms with van der Waals surface area (Å²) in [5, 5.41) is 9.29. The van der Waals surface area contributed by atoms with Crippen molar-refractivity contribution in [1.29, 1.82) is 0 Å². The summed E-state index contributed by atoms with van der Waals surface area (Å²) in [6, 6.07) is 0. The highest BCUT2D eigenvalue weighted by Gasteiger charge is 2.11. The molecule has 0 fully saturated rings. The van der Waals surface area contributed by atoms with Gasteiger partial charge >= 0.3 is 0 Å². The number of aromatic nitrogens is 2. The zero-order valence-corrected chi connectivity index (χ0v) is 7.38. The highest BCUT2D eigenvalue weighted by Crippen LogP contribution is 2.17. The van der Waals surface area contributed by atoms with Crippen molar-refractivity contribution in [2.45, 2.75) is 26.7 Å². The topological polar surface area (TPSA) is 66.0 Å². The van der Waals surface area contributed by atoms with E-state index in [-0.39, 0.29) is 11.7 Å². The van der Waals surface area contributed by atoms with E-state index in [1.54, 1.807) is 6.92 Å². The van der Waals surface area contributed by atoms with Gasteiger partial charge in [0.15, 0.2) is 0 Å². The van der Waals surface area contributed by atoms with E-state index < -0.39 is 5.56 Å². The molecule has 0 amide bonds. The highest BCUT2D eigenvalue weighted by atomic mass is 16.3. The molecule has 0 aromatic carbocycles. The maximum Gasteiger partial charge on any atom is 0.293 e. The molecular weight excluding hydrogens is 156 g/mol. The van der Waals surface area contributed by atoms with E-state index >= 15 is 0 Å². The average Bonchev–Trinajstić information content (AvgIpc) is 1.96. The van der Waals surface area contributed by atoms with Crippen molar-refractivity contribution in [3.63, 3.8) is 0 Å². The second kappa shape index (κ2) is 2.97. The summed E-state index contributed by atoms with van der Waals surface area (Å²) in [6.07, 6.45) is 0. The molecule has 0 spiro atoms. The summed E-state index contributed by atoms with van der Waals surface area (Å²) in [5.41, 5.74) is -0.0116. The maximum atomic E-state index is 11.0. The molecule has 1 rings (SSSR count). The van der Waals surface area contributed by atoms with Crippen LogP contribution in [0.4, 0.5) is 0 Å². The molecule has 4 heteroatoms. The van der Waals surface area contributed by atoms with Gasteiger partial charge in [0, 0.05) is 0 Å². The molecule has 0 aliphatic heterocycles. The summed E-state index contributed by atoms with van der Waals surface area (Å²) in [6.45, 7) is 5.44. The molecule has 0 unspecified atom stereocenters. The molecule has 1 aromatic heterocycles. The zero-order valence-electron chi connectivity index (χ0n) is 7.38. The van der Waals surface area contributed by atoms with Gasteiger partial charge in [-0.25, -0.2) is 4.98 Å². The van der Waals surface area contributed by atoms with Crippen molar-refractivity contribution in [3.05, 3.63) is 21.9 Å². The van der Waals surface area contributed by atoms with Crippen LogP contribution in [0, 0.1) is 6.92 Å². The number of hydrogen-bond donors (Lipinski definition) is 2. The third kappa shape index (κ3) is 1.47. The molecule has 4 nitrogen and oxygen atoms in total. The van der Waals surface area contributed by atoms with Crippen molar-refractivity contribution in [2.75, 3.05) is 0 Å². The number of aromatic amines is 1. The van der Waals surface area contributed by atoms with E-state index in [1.165, 1.54) is 0 Å².